The number of thioether (sulfide) groups is 1. The highest BCUT2D eigenvalue weighted by molar-refractivity contribution is 7.98. The predicted octanol–water partition coefficient (Wildman–Crippen LogP) is 8.31. The Balaban J connectivity index is 2.03. The predicted molar refractivity (Wildman–Crippen MR) is 135 cm³/mol. The van der Waals surface area contributed by atoms with Gasteiger partial charge in [0.05, 0.1) is 0 Å². The Morgan fingerprint density at radius 1 is 0.806 bits per heavy atom. The summed E-state index contributed by atoms with van der Waals surface area (Å²) in [6.45, 7) is 2.22. The van der Waals surface area contributed by atoms with Crippen molar-refractivity contribution >= 4 is 23.1 Å². The van der Waals surface area contributed by atoms with Gasteiger partial charge in [0, 0.05) is 16.4 Å². The van der Waals surface area contributed by atoms with E-state index in [-0.39, 0.29) is 11.7 Å². The summed E-state index contributed by atoms with van der Waals surface area (Å²) in [5, 5.41) is 0. The minimum Gasteiger partial charge on any atom is -0.293 e. The Kier molecular flexibility index (Phi) is 9.17. The molecular weight excluding hydrogens is 396 g/mol. The zero-order chi connectivity index (χ0) is 21.9. The summed E-state index contributed by atoms with van der Waals surface area (Å²) in [5.74, 6) is 0.0892. The van der Waals surface area contributed by atoms with E-state index in [1.54, 1.807) is 11.8 Å². The van der Waals surface area contributed by atoms with E-state index in [4.69, 9.17) is 0 Å². The summed E-state index contributed by atoms with van der Waals surface area (Å²) in [6, 6.07) is 28.9. The van der Waals surface area contributed by atoms with Gasteiger partial charge < -0.3 is 0 Å². The molecule has 31 heavy (non-hydrogen) atoms. The van der Waals surface area contributed by atoms with Crippen LogP contribution in [0.15, 0.2) is 95.9 Å². The van der Waals surface area contributed by atoms with E-state index in [0.717, 1.165) is 40.0 Å². The van der Waals surface area contributed by atoms with Crippen molar-refractivity contribution < 1.29 is 4.79 Å². The molecule has 0 radical (unpaired) electrons. The largest absolute Gasteiger partial charge is 0.293 e. The summed E-state index contributed by atoms with van der Waals surface area (Å²) in [4.78, 5) is 14.8. The van der Waals surface area contributed by atoms with Gasteiger partial charge in [-0.15, -0.1) is 11.8 Å². The number of rotatable bonds is 11. The molecule has 1 atom stereocenters. The van der Waals surface area contributed by atoms with Crippen molar-refractivity contribution in [2.45, 2.75) is 43.9 Å². The Morgan fingerprint density at radius 3 is 1.97 bits per heavy atom. The van der Waals surface area contributed by atoms with Gasteiger partial charge in [-0.2, -0.15) is 0 Å². The van der Waals surface area contributed by atoms with E-state index in [9.17, 15) is 4.79 Å². The second-order valence-corrected chi connectivity index (χ2v) is 8.68. The molecule has 0 saturated carbocycles. The third-order valence-corrected chi connectivity index (χ3v) is 6.41. The van der Waals surface area contributed by atoms with Gasteiger partial charge in [-0.1, -0.05) is 118 Å². The quantitative estimate of drug-likeness (QED) is 0.173. The smallest absolute Gasteiger partial charge is 0.170 e. The highest BCUT2D eigenvalue weighted by Crippen LogP contribution is 2.30. The molecule has 0 aliphatic rings. The molecule has 0 bridgehead atoms. The van der Waals surface area contributed by atoms with E-state index >= 15 is 0 Å². The maximum Gasteiger partial charge on any atom is 0.170 e. The molecule has 160 valence electrons. The molecule has 0 aliphatic heterocycles. The number of ketones is 1. The van der Waals surface area contributed by atoms with Crippen LogP contribution in [0.5, 0.6) is 0 Å². The summed E-state index contributed by atoms with van der Waals surface area (Å²) >= 11 is 1.64. The monoisotopic (exact) mass is 428 g/mol. The van der Waals surface area contributed by atoms with Crippen molar-refractivity contribution in [3.8, 4) is 0 Å². The van der Waals surface area contributed by atoms with Crippen molar-refractivity contribution in [2.75, 3.05) is 6.26 Å². The second kappa shape index (κ2) is 12.3. The minimum atomic E-state index is -0.138. The first-order chi connectivity index (χ1) is 15.2. The molecule has 3 aromatic carbocycles. The summed E-state index contributed by atoms with van der Waals surface area (Å²) < 4.78 is 0. The number of hydrogen-bond acceptors (Lipinski definition) is 2. The maximum absolute atomic E-state index is 13.7. The molecule has 1 nitrogen and oxygen atoms in total. The first-order valence-electron chi connectivity index (χ1n) is 11.2. The van der Waals surface area contributed by atoms with Gasteiger partial charge in [-0.05, 0) is 35.4 Å². The molecule has 3 aromatic rings. The number of unbranched alkanes of at least 4 members (excludes halogenated alkanes) is 3. The van der Waals surface area contributed by atoms with Gasteiger partial charge in [0.1, 0.15) is 0 Å². The third-order valence-electron chi connectivity index (χ3n) is 5.62. The molecule has 0 heterocycles. The summed E-state index contributed by atoms with van der Waals surface area (Å²) in [6.07, 6.45) is 9.79. The highest BCUT2D eigenvalue weighted by Gasteiger charge is 2.21. The van der Waals surface area contributed by atoms with Crippen LogP contribution >= 0.6 is 11.8 Å². The van der Waals surface area contributed by atoms with Gasteiger partial charge in [-0.3, -0.25) is 4.79 Å². The fourth-order valence-electron chi connectivity index (χ4n) is 3.92. The van der Waals surface area contributed by atoms with Crippen LogP contribution in [-0.2, 0) is 0 Å². The van der Waals surface area contributed by atoms with E-state index in [2.05, 4.69) is 61.5 Å². The van der Waals surface area contributed by atoms with Crippen LogP contribution < -0.4 is 0 Å². The molecule has 0 aromatic heterocycles. The lowest BCUT2D eigenvalue weighted by atomic mass is 9.87. The van der Waals surface area contributed by atoms with E-state index in [0.29, 0.717) is 0 Å². The molecule has 0 saturated heterocycles. The van der Waals surface area contributed by atoms with E-state index < -0.39 is 0 Å². The molecule has 0 aliphatic carbocycles. The average Bonchev–Trinajstić information content (AvgIpc) is 2.84. The standard InChI is InChI=1S/C29H32OS/c1-3-4-5-8-19-25(29(30)26-20-13-14-21-28(26)31-2)22-27(23-15-9-6-10-16-23)24-17-11-7-12-18-24/h6-7,9-18,20-22,25H,3-5,8,19H2,1-2H3/t25-/m0/s1. The maximum atomic E-state index is 13.7. The number of carbonyl (C=O) groups is 1. The van der Waals surface area contributed by atoms with Gasteiger partial charge in [0.2, 0.25) is 0 Å². The second-order valence-electron chi connectivity index (χ2n) is 7.83. The lowest BCUT2D eigenvalue weighted by Crippen LogP contribution is -2.14. The highest BCUT2D eigenvalue weighted by atomic mass is 32.2. The number of hydrogen-bond donors (Lipinski definition) is 0. The van der Waals surface area contributed by atoms with Gasteiger partial charge in [-0.25, -0.2) is 0 Å². The van der Waals surface area contributed by atoms with Crippen LogP contribution in [0.4, 0.5) is 0 Å². The molecule has 0 fully saturated rings. The minimum absolute atomic E-state index is 0.138. The van der Waals surface area contributed by atoms with E-state index in [1.165, 1.54) is 19.3 Å². The summed E-state index contributed by atoms with van der Waals surface area (Å²) in [7, 11) is 0. The fraction of sp³-hybridized carbons (Fsp3) is 0.276. The molecule has 3 rings (SSSR count). The average molecular weight is 429 g/mol. The van der Waals surface area contributed by atoms with Gasteiger partial charge in [0.15, 0.2) is 5.78 Å². The Bertz CT molecular complexity index is 934. The SMILES string of the molecule is CCCCCC[C@@H](C=C(c1ccccc1)c1ccccc1)C(=O)c1ccccc1SC. The lowest BCUT2D eigenvalue weighted by Gasteiger charge is -2.17. The fourth-order valence-corrected chi connectivity index (χ4v) is 4.53. The Hall–Kier alpha value is -2.58. The van der Waals surface area contributed by atoms with Gasteiger partial charge in [0.25, 0.3) is 0 Å². The molecule has 0 unspecified atom stereocenters. The molecule has 2 heteroatoms. The van der Waals surface area contributed by atoms with Crippen LogP contribution in [0.3, 0.4) is 0 Å². The Labute approximate surface area is 191 Å². The van der Waals surface area contributed by atoms with Crippen molar-refractivity contribution in [3.63, 3.8) is 0 Å². The van der Waals surface area contributed by atoms with Crippen LogP contribution in [0, 0.1) is 5.92 Å². The van der Waals surface area contributed by atoms with Crippen molar-refractivity contribution in [3.05, 3.63) is 108 Å². The van der Waals surface area contributed by atoms with Crippen molar-refractivity contribution in [1.29, 1.82) is 0 Å². The zero-order valence-corrected chi connectivity index (χ0v) is 19.4. The topological polar surface area (TPSA) is 17.1 Å². The normalized spacial score (nSPS) is 11.7. The lowest BCUT2D eigenvalue weighted by molar-refractivity contribution is 0.0936. The van der Waals surface area contributed by atoms with E-state index in [1.807, 2.05) is 42.7 Å². The number of benzene rings is 3. The number of allylic oxidation sites excluding steroid dienone is 1. The molecular formula is C29H32OS. The van der Waals surface area contributed by atoms with Crippen LogP contribution in [-0.4, -0.2) is 12.0 Å². The Morgan fingerprint density at radius 2 is 1.39 bits per heavy atom. The van der Waals surface area contributed by atoms with Crippen LogP contribution in [0.25, 0.3) is 5.57 Å². The summed E-state index contributed by atoms with van der Waals surface area (Å²) in [5.41, 5.74) is 4.28. The van der Waals surface area contributed by atoms with Crippen LogP contribution in [0.2, 0.25) is 0 Å². The first kappa shape index (κ1) is 23.1. The molecule has 0 amide bonds. The number of carbonyl (C=O) groups excluding carboxylic acids is 1. The first-order valence-corrected chi connectivity index (χ1v) is 12.5. The third kappa shape index (κ3) is 6.45. The van der Waals surface area contributed by atoms with Gasteiger partial charge >= 0.3 is 0 Å². The number of Topliss-reactive ketones (excluding diaryl/α,β-unsaturated/α-hetero) is 1. The zero-order valence-electron chi connectivity index (χ0n) is 18.6. The van der Waals surface area contributed by atoms with Crippen molar-refractivity contribution in [2.24, 2.45) is 5.92 Å². The van der Waals surface area contributed by atoms with Crippen LogP contribution in [0.1, 0.15) is 60.5 Å². The molecule has 0 spiro atoms. The van der Waals surface area contributed by atoms with Crippen molar-refractivity contribution in [1.82, 2.24) is 0 Å². The molecule has 0 N–H and O–H groups in total.